The summed E-state index contributed by atoms with van der Waals surface area (Å²) >= 11 is 0. The van der Waals surface area contributed by atoms with Crippen LogP contribution in [0, 0.1) is 5.92 Å². The van der Waals surface area contributed by atoms with E-state index in [0.29, 0.717) is 11.5 Å². The van der Waals surface area contributed by atoms with Crippen molar-refractivity contribution in [1.29, 1.82) is 0 Å². The molecule has 0 radical (unpaired) electrons. The lowest BCUT2D eigenvalue weighted by atomic mass is 10.0. The maximum absolute atomic E-state index is 12.5. The largest absolute Gasteiger partial charge is 0.416 e. The average molecular weight is 224 g/mol. The summed E-state index contributed by atoms with van der Waals surface area (Å²) in [6.07, 6.45) is 1.51. The van der Waals surface area contributed by atoms with Crippen molar-refractivity contribution in [3.8, 4) is 0 Å². The van der Waals surface area contributed by atoms with Gasteiger partial charge >= 0.3 is 6.18 Å². The van der Waals surface area contributed by atoms with Gasteiger partial charge in [-0.05, 0) is 29.2 Å². The fourth-order valence-corrected chi connectivity index (χ4v) is 1.72. The highest BCUT2D eigenvalue weighted by Gasteiger charge is 2.30. The third-order valence-corrected chi connectivity index (χ3v) is 2.55. The highest BCUT2D eigenvalue weighted by molar-refractivity contribution is 5.77. The molecule has 0 nitrogen and oxygen atoms in total. The van der Waals surface area contributed by atoms with Crippen molar-refractivity contribution in [1.82, 2.24) is 0 Å². The second-order valence-corrected chi connectivity index (χ2v) is 3.92. The molecular formula is C13H11F3. The molecule has 1 atom stereocenters. The molecule has 2 rings (SSSR count). The van der Waals surface area contributed by atoms with Crippen LogP contribution in [0.25, 0.3) is 5.57 Å². The standard InChI is InChI=1S/C13H11F3/c1-9-5-6-11(7-9)10-3-2-4-12(8-10)13(14,15)16/h2-9H,1H3. The van der Waals surface area contributed by atoms with Crippen molar-refractivity contribution in [2.75, 3.05) is 0 Å². The van der Waals surface area contributed by atoms with E-state index in [-0.39, 0.29) is 0 Å². The number of halogens is 3. The molecule has 0 N–H and O–H groups in total. The maximum atomic E-state index is 12.5. The molecule has 0 saturated carbocycles. The van der Waals surface area contributed by atoms with Crippen LogP contribution in [0.5, 0.6) is 0 Å². The number of hydrogen-bond acceptors (Lipinski definition) is 0. The van der Waals surface area contributed by atoms with Crippen molar-refractivity contribution in [3.05, 3.63) is 53.6 Å². The molecule has 0 saturated heterocycles. The topological polar surface area (TPSA) is 0 Å². The fraction of sp³-hybridized carbons (Fsp3) is 0.231. The first kappa shape index (κ1) is 11.0. The zero-order chi connectivity index (χ0) is 11.8. The lowest BCUT2D eigenvalue weighted by Crippen LogP contribution is -2.04. The Hall–Kier alpha value is -1.51. The lowest BCUT2D eigenvalue weighted by Gasteiger charge is -2.08. The van der Waals surface area contributed by atoms with Crippen LogP contribution in [0.1, 0.15) is 18.1 Å². The minimum Gasteiger partial charge on any atom is -0.166 e. The second-order valence-electron chi connectivity index (χ2n) is 3.92. The van der Waals surface area contributed by atoms with Crippen LogP contribution in [-0.2, 0) is 6.18 Å². The fourth-order valence-electron chi connectivity index (χ4n) is 1.72. The zero-order valence-electron chi connectivity index (χ0n) is 8.75. The molecule has 0 aromatic heterocycles. The van der Waals surface area contributed by atoms with Crippen LogP contribution in [0.4, 0.5) is 13.2 Å². The lowest BCUT2D eigenvalue weighted by molar-refractivity contribution is -0.137. The molecule has 0 fully saturated rings. The highest BCUT2D eigenvalue weighted by atomic mass is 19.4. The summed E-state index contributed by atoms with van der Waals surface area (Å²) < 4.78 is 37.5. The van der Waals surface area contributed by atoms with Crippen LogP contribution in [-0.4, -0.2) is 0 Å². The summed E-state index contributed by atoms with van der Waals surface area (Å²) in [6.45, 7) is 2.00. The number of benzene rings is 1. The van der Waals surface area contributed by atoms with Crippen LogP contribution in [0.3, 0.4) is 0 Å². The summed E-state index contributed by atoms with van der Waals surface area (Å²) in [5, 5.41) is 0. The molecule has 0 spiro atoms. The molecule has 0 aliphatic heterocycles. The summed E-state index contributed by atoms with van der Waals surface area (Å²) in [5.41, 5.74) is 0.882. The van der Waals surface area contributed by atoms with Crippen molar-refractivity contribution in [2.24, 2.45) is 5.92 Å². The van der Waals surface area contributed by atoms with E-state index in [1.165, 1.54) is 12.1 Å². The van der Waals surface area contributed by atoms with Gasteiger partial charge in [0.15, 0.2) is 0 Å². The van der Waals surface area contributed by atoms with Crippen LogP contribution in [0.2, 0.25) is 0 Å². The van der Waals surface area contributed by atoms with Gasteiger partial charge in [0, 0.05) is 0 Å². The Balaban J connectivity index is 2.38. The zero-order valence-corrected chi connectivity index (χ0v) is 8.75. The molecule has 1 unspecified atom stereocenters. The Morgan fingerprint density at radius 3 is 2.50 bits per heavy atom. The van der Waals surface area contributed by atoms with Gasteiger partial charge in [0.2, 0.25) is 0 Å². The number of hydrogen-bond donors (Lipinski definition) is 0. The molecule has 1 aromatic rings. The molecule has 0 amide bonds. The van der Waals surface area contributed by atoms with E-state index in [2.05, 4.69) is 0 Å². The minimum absolute atomic E-state index is 0.296. The Bertz CT molecular complexity index is 452. The third kappa shape index (κ3) is 2.18. The van der Waals surface area contributed by atoms with Crippen molar-refractivity contribution in [2.45, 2.75) is 13.1 Å². The number of alkyl halides is 3. The first-order chi connectivity index (χ1) is 7.47. The molecule has 1 aliphatic carbocycles. The molecule has 1 aromatic carbocycles. The number of allylic oxidation sites excluding steroid dienone is 4. The molecule has 0 heterocycles. The first-order valence-corrected chi connectivity index (χ1v) is 5.04. The van der Waals surface area contributed by atoms with E-state index in [1.807, 2.05) is 25.2 Å². The van der Waals surface area contributed by atoms with Crippen molar-refractivity contribution in [3.63, 3.8) is 0 Å². The van der Waals surface area contributed by atoms with E-state index in [4.69, 9.17) is 0 Å². The Kier molecular flexibility index (Phi) is 2.62. The van der Waals surface area contributed by atoms with Crippen molar-refractivity contribution < 1.29 is 13.2 Å². The van der Waals surface area contributed by atoms with E-state index < -0.39 is 11.7 Å². The molecule has 1 aliphatic rings. The first-order valence-electron chi connectivity index (χ1n) is 5.04. The summed E-state index contributed by atoms with van der Waals surface area (Å²) in [4.78, 5) is 0. The average Bonchev–Trinajstić information content (AvgIpc) is 2.64. The molecular weight excluding hydrogens is 213 g/mol. The summed E-state index contributed by atoms with van der Waals surface area (Å²) in [5.74, 6) is 0.296. The van der Waals surface area contributed by atoms with Crippen LogP contribution < -0.4 is 0 Å². The smallest absolute Gasteiger partial charge is 0.166 e. The Labute approximate surface area is 92.1 Å². The molecule has 84 valence electrons. The van der Waals surface area contributed by atoms with Gasteiger partial charge in [-0.25, -0.2) is 0 Å². The van der Waals surface area contributed by atoms with Gasteiger partial charge in [-0.15, -0.1) is 0 Å². The van der Waals surface area contributed by atoms with Gasteiger partial charge in [0.1, 0.15) is 0 Å². The quantitative estimate of drug-likeness (QED) is 0.667. The Morgan fingerprint density at radius 1 is 1.19 bits per heavy atom. The van der Waals surface area contributed by atoms with Gasteiger partial charge in [0.25, 0.3) is 0 Å². The number of rotatable bonds is 1. The minimum atomic E-state index is -4.27. The molecule has 3 heteroatoms. The van der Waals surface area contributed by atoms with Gasteiger partial charge in [-0.1, -0.05) is 37.3 Å². The van der Waals surface area contributed by atoms with Crippen molar-refractivity contribution >= 4 is 5.57 Å². The van der Waals surface area contributed by atoms with Gasteiger partial charge in [-0.3, -0.25) is 0 Å². The second kappa shape index (κ2) is 3.81. The van der Waals surface area contributed by atoms with E-state index in [0.717, 1.165) is 11.6 Å². The SMILES string of the molecule is CC1C=CC(c2cccc(C(F)(F)F)c2)=C1. The highest BCUT2D eigenvalue weighted by Crippen LogP contribution is 2.32. The van der Waals surface area contributed by atoms with E-state index >= 15 is 0 Å². The predicted molar refractivity (Wildman–Crippen MR) is 57.7 cm³/mol. The summed E-state index contributed by atoms with van der Waals surface area (Å²) in [6, 6.07) is 5.42. The van der Waals surface area contributed by atoms with Gasteiger partial charge in [-0.2, -0.15) is 13.2 Å². The van der Waals surface area contributed by atoms with E-state index in [9.17, 15) is 13.2 Å². The maximum Gasteiger partial charge on any atom is 0.416 e. The predicted octanol–water partition coefficient (Wildman–Crippen LogP) is 4.29. The van der Waals surface area contributed by atoms with Gasteiger partial charge in [0.05, 0.1) is 5.56 Å². The van der Waals surface area contributed by atoms with Crippen LogP contribution in [0.15, 0.2) is 42.5 Å². The normalized spacial score (nSPS) is 20.0. The summed E-state index contributed by atoms with van der Waals surface area (Å²) in [7, 11) is 0. The third-order valence-electron chi connectivity index (χ3n) is 2.55. The van der Waals surface area contributed by atoms with Gasteiger partial charge < -0.3 is 0 Å². The van der Waals surface area contributed by atoms with E-state index in [1.54, 1.807) is 6.07 Å². The van der Waals surface area contributed by atoms with Crippen LogP contribution >= 0.6 is 0 Å². The Morgan fingerprint density at radius 2 is 1.94 bits per heavy atom. The molecule has 0 bridgehead atoms. The molecule has 16 heavy (non-hydrogen) atoms. The monoisotopic (exact) mass is 224 g/mol.